The number of benzene rings is 1. The summed E-state index contributed by atoms with van der Waals surface area (Å²) in [5.41, 5.74) is 8.82. The minimum Gasteiger partial charge on any atom is -0.380 e. The van der Waals surface area contributed by atoms with Crippen LogP contribution in [0.15, 0.2) is 64.7 Å². The molecule has 10 nitrogen and oxygen atoms in total. The van der Waals surface area contributed by atoms with Gasteiger partial charge in [0.05, 0.1) is 17.6 Å². The lowest BCUT2D eigenvalue weighted by Gasteiger charge is -2.19. The van der Waals surface area contributed by atoms with Crippen molar-refractivity contribution in [2.24, 2.45) is 0 Å². The van der Waals surface area contributed by atoms with E-state index in [0.717, 1.165) is 16.8 Å². The Morgan fingerprint density at radius 3 is 2.76 bits per heavy atom. The zero-order valence-electron chi connectivity index (χ0n) is 19.1. The van der Waals surface area contributed by atoms with Crippen molar-refractivity contribution >= 4 is 39.5 Å². The molecule has 34 heavy (non-hydrogen) atoms. The van der Waals surface area contributed by atoms with Crippen LogP contribution in [-0.2, 0) is 12.0 Å². The quantitative estimate of drug-likeness (QED) is 0.381. The molecule has 4 aromatic heterocycles. The molecular weight excluding hydrogens is 432 g/mol. The number of rotatable bonds is 5. The maximum Gasteiger partial charge on any atom is 0.278 e. The summed E-state index contributed by atoms with van der Waals surface area (Å²) in [7, 11) is 0. The number of hydrogen-bond donors (Lipinski definition) is 2. The fraction of sp³-hybridized carbons (Fsp3) is 0.208. The normalized spacial score (nSPS) is 11.9. The number of pyridine rings is 1. The molecule has 0 radical (unpaired) electrons. The Balaban J connectivity index is 1.65. The lowest BCUT2D eigenvalue weighted by molar-refractivity contribution is 0.460. The van der Waals surface area contributed by atoms with E-state index in [1.807, 2.05) is 24.3 Å². The number of nitrogens with one attached hydrogen (secondary N) is 1. The van der Waals surface area contributed by atoms with Gasteiger partial charge in [0.2, 0.25) is 5.95 Å². The van der Waals surface area contributed by atoms with Gasteiger partial charge in [0.15, 0.2) is 17.0 Å². The van der Waals surface area contributed by atoms with Crippen molar-refractivity contribution < 1.29 is 4.52 Å². The number of fused-ring (bicyclic) bond motifs is 2. The van der Waals surface area contributed by atoms with Gasteiger partial charge in [-0.15, -0.1) is 6.58 Å². The van der Waals surface area contributed by atoms with Gasteiger partial charge in [0, 0.05) is 35.3 Å². The highest BCUT2D eigenvalue weighted by Gasteiger charge is 2.20. The van der Waals surface area contributed by atoms with Gasteiger partial charge in [-0.3, -0.25) is 9.78 Å². The number of aromatic nitrogens is 6. The van der Waals surface area contributed by atoms with Crippen LogP contribution in [0.2, 0.25) is 0 Å². The average molecular weight is 457 g/mol. The van der Waals surface area contributed by atoms with Gasteiger partial charge in [-0.1, -0.05) is 32.0 Å². The van der Waals surface area contributed by atoms with Crippen molar-refractivity contribution in [1.29, 1.82) is 0 Å². The fourth-order valence-corrected chi connectivity index (χ4v) is 3.76. The number of nitrogen functional groups attached to an aromatic ring is 1. The molecule has 10 heteroatoms. The highest BCUT2D eigenvalue weighted by molar-refractivity contribution is 5.89. The summed E-state index contributed by atoms with van der Waals surface area (Å²) in [4.78, 5) is 26.7. The van der Waals surface area contributed by atoms with Crippen LogP contribution >= 0.6 is 0 Å². The van der Waals surface area contributed by atoms with Crippen LogP contribution in [0.5, 0.6) is 0 Å². The maximum atomic E-state index is 13.2. The lowest BCUT2D eigenvalue weighted by Crippen LogP contribution is -2.22. The van der Waals surface area contributed by atoms with Crippen molar-refractivity contribution in [3.8, 4) is 5.69 Å². The van der Waals surface area contributed by atoms with Crippen molar-refractivity contribution in [2.75, 3.05) is 11.1 Å². The van der Waals surface area contributed by atoms with E-state index in [4.69, 9.17) is 10.3 Å². The largest absolute Gasteiger partial charge is 0.380 e. The van der Waals surface area contributed by atoms with Gasteiger partial charge in [-0.05, 0) is 24.3 Å². The Morgan fingerprint density at radius 1 is 1.18 bits per heavy atom. The summed E-state index contributed by atoms with van der Waals surface area (Å²) in [6.07, 6.45) is 4.94. The zero-order chi connectivity index (χ0) is 24.0. The predicted octanol–water partition coefficient (Wildman–Crippen LogP) is 3.93. The van der Waals surface area contributed by atoms with E-state index in [-0.39, 0.29) is 11.0 Å². The maximum absolute atomic E-state index is 13.2. The molecule has 0 aliphatic heterocycles. The first-order valence-corrected chi connectivity index (χ1v) is 10.7. The molecule has 0 unspecified atom stereocenters. The smallest absolute Gasteiger partial charge is 0.278 e. The van der Waals surface area contributed by atoms with Crippen LogP contribution < -0.4 is 16.6 Å². The Morgan fingerprint density at radius 2 is 2.00 bits per heavy atom. The monoisotopic (exact) mass is 456 g/mol. The van der Waals surface area contributed by atoms with Gasteiger partial charge in [-0.2, -0.15) is 4.98 Å². The first-order valence-electron chi connectivity index (χ1n) is 10.7. The molecule has 0 aliphatic rings. The van der Waals surface area contributed by atoms with Crippen molar-refractivity contribution in [3.05, 3.63) is 71.4 Å². The molecule has 5 rings (SSSR count). The molecule has 3 N–H and O–H groups in total. The van der Waals surface area contributed by atoms with Crippen LogP contribution in [0.25, 0.3) is 27.7 Å². The van der Waals surface area contributed by atoms with Crippen molar-refractivity contribution in [3.63, 3.8) is 0 Å². The minimum atomic E-state index is -0.200. The first-order chi connectivity index (χ1) is 16.3. The molecule has 0 fully saturated rings. The lowest BCUT2D eigenvalue weighted by atomic mass is 9.91. The summed E-state index contributed by atoms with van der Waals surface area (Å²) in [6, 6.07) is 9.23. The van der Waals surface area contributed by atoms with E-state index in [1.165, 1.54) is 6.20 Å². The van der Waals surface area contributed by atoms with Gasteiger partial charge < -0.3 is 15.6 Å². The molecule has 0 aliphatic carbocycles. The van der Waals surface area contributed by atoms with E-state index < -0.39 is 0 Å². The molecule has 0 spiro atoms. The summed E-state index contributed by atoms with van der Waals surface area (Å²) in [5.74, 6) is 0.660. The second-order valence-electron chi connectivity index (χ2n) is 8.97. The van der Waals surface area contributed by atoms with Crippen molar-refractivity contribution in [1.82, 2.24) is 29.5 Å². The molecule has 4 heterocycles. The zero-order valence-corrected chi connectivity index (χ0v) is 19.1. The molecule has 0 saturated carbocycles. The minimum absolute atomic E-state index is 0.160. The average Bonchev–Trinajstić information content (AvgIpc) is 3.30. The van der Waals surface area contributed by atoms with Crippen LogP contribution in [-0.4, -0.2) is 29.5 Å². The number of nitrogens with zero attached hydrogens (tertiary/aromatic N) is 6. The number of nitrogens with two attached hydrogens (primary N) is 1. The summed E-state index contributed by atoms with van der Waals surface area (Å²) >= 11 is 0. The SMILES string of the molecule is C=CCn1c(=O)c2cnc(Nc3ccc4c(N)noc4c3)nc2n1-c1ccnc(C(C)(C)C)c1. The Hall–Kier alpha value is -4.47. The van der Waals surface area contributed by atoms with E-state index in [2.05, 4.69) is 52.8 Å². The second kappa shape index (κ2) is 7.84. The Kier molecular flexibility index (Phi) is 4.93. The third kappa shape index (κ3) is 3.58. The fourth-order valence-electron chi connectivity index (χ4n) is 3.76. The third-order valence-electron chi connectivity index (χ3n) is 5.49. The topological polar surface area (TPSA) is 130 Å². The van der Waals surface area contributed by atoms with Crippen molar-refractivity contribution in [2.45, 2.75) is 32.7 Å². The summed E-state index contributed by atoms with van der Waals surface area (Å²) < 4.78 is 8.60. The van der Waals surface area contributed by atoms with Gasteiger partial charge in [0.25, 0.3) is 5.56 Å². The molecular formula is C24H24N8O2. The molecule has 0 amide bonds. The molecule has 0 bridgehead atoms. The summed E-state index contributed by atoms with van der Waals surface area (Å²) in [5, 5.41) is 8.07. The highest BCUT2D eigenvalue weighted by atomic mass is 16.5. The van der Waals surface area contributed by atoms with Gasteiger partial charge in [0.1, 0.15) is 5.39 Å². The standard InChI is InChI=1S/C24H24N8O2/c1-5-10-31-22(33)17-13-27-23(28-14-6-7-16-18(11-14)34-30-20(16)25)29-21(17)32(31)15-8-9-26-19(12-15)24(2,3)4/h5-9,11-13H,1,10H2,2-4H3,(H2,25,30)(H,27,28,29). The first kappa shape index (κ1) is 21.4. The van der Waals surface area contributed by atoms with E-state index in [9.17, 15) is 4.79 Å². The molecule has 5 aromatic rings. The number of anilines is 3. The van der Waals surface area contributed by atoms with Gasteiger partial charge >= 0.3 is 0 Å². The van der Waals surface area contributed by atoms with Crippen LogP contribution in [0.1, 0.15) is 26.5 Å². The number of allylic oxidation sites excluding steroid dienone is 1. The van der Waals surface area contributed by atoms with Gasteiger partial charge in [-0.25, -0.2) is 14.3 Å². The molecule has 1 aromatic carbocycles. The molecule has 0 atom stereocenters. The third-order valence-corrected chi connectivity index (χ3v) is 5.49. The van der Waals surface area contributed by atoms with Crippen LogP contribution in [0, 0.1) is 0 Å². The second-order valence-corrected chi connectivity index (χ2v) is 8.97. The summed E-state index contributed by atoms with van der Waals surface area (Å²) in [6.45, 7) is 10.4. The van der Waals surface area contributed by atoms with E-state index in [0.29, 0.717) is 40.6 Å². The molecule has 172 valence electrons. The van der Waals surface area contributed by atoms with E-state index >= 15 is 0 Å². The van der Waals surface area contributed by atoms with Crippen LogP contribution in [0.3, 0.4) is 0 Å². The highest BCUT2D eigenvalue weighted by Crippen LogP contribution is 2.26. The van der Waals surface area contributed by atoms with E-state index in [1.54, 1.807) is 27.7 Å². The predicted molar refractivity (Wildman–Crippen MR) is 132 cm³/mol. The molecule has 0 saturated heterocycles. The Labute approximate surface area is 194 Å². The Bertz CT molecular complexity index is 1600. The van der Waals surface area contributed by atoms with Crippen LogP contribution in [0.4, 0.5) is 17.5 Å². The number of hydrogen-bond acceptors (Lipinski definition) is 8.